The standard InChI is InChI=1S/C10H9N5O3/c1-12-7(4-5-11)6-2-3-8(15(16)17)10-9(6)13-18-14-10/h2-3,7,12H,4H2,1H3. The smallest absolute Gasteiger partial charge is 0.300 e. The molecule has 0 spiro atoms. The Labute approximate surface area is 101 Å². The third-order valence-electron chi connectivity index (χ3n) is 2.64. The number of aromatic nitrogens is 2. The maximum absolute atomic E-state index is 10.8. The highest BCUT2D eigenvalue weighted by Gasteiger charge is 2.22. The van der Waals surface area contributed by atoms with Crippen LogP contribution in [0.4, 0.5) is 5.69 Å². The minimum absolute atomic E-state index is 0.0932. The van der Waals surface area contributed by atoms with Crippen molar-refractivity contribution in [1.29, 1.82) is 5.26 Å². The van der Waals surface area contributed by atoms with Gasteiger partial charge in [-0.3, -0.25) is 10.1 Å². The fourth-order valence-corrected chi connectivity index (χ4v) is 1.76. The quantitative estimate of drug-likeness (QED) is 0.638. The van der Waals surface area contributed by atoms with E-state index in [9.17, 15) is 10.1 Å². The van der Waals surface area contributed by atoms with Gasteiger partial charge in [0, 0.05) is 17.7 Å². The minimum atomic E-state index is -0.547. The van der Waals surface area contributed by atoms with Gasteiger partial charge in [-0.1, -0.05) is 0 Å². The fraction of sp³-hybridized carbons (Fsp3) is 0.300. The van der Waals surface area contributed by atoms with E-state index in [1.165, 1.54) is 6.07 Å². The van der Waals surface area contributed by atoms with E-state index in [0.717, 1.165) is 0 Å². The monoisotopic (exact) mass is 247 g/mol. The van der Waals surface area contributed by atoms with Crippen LogP contribution in [0.2, 0.25) is 0 Å². The molecule has 0 aliphatic rings. The molecule has 8 heteroatoms. The Morgan fingerprint density at radius 1 is 1.56 bits per heavy atom. The SMILES string of the molecule is CNC(CC#N)c1ccc([N+](=O)[O-])c2nonc12. The van der Waals surface area contributed by atoms with Gasteiger partial charge in [0.2, 0.25) is 5.52 Å². The predicted octanol–water partition coefficient (Wildman–Crippen LogP) is 1.31. The van der Waals surface area contributed by atoms with Crippen LogP contribution in [0, 0.1) is 21.4 Å². The first kappa shape index (κ1) is 11.9. The molecule has 1 unspecified atom stereocenters. The van der Waals surface area contributed by atoms with Crippen molar-refractivity contribution in [2.75, 3.05) is 7.05 Å². The van der Waals surface area contributed by atoms with Gasteiger partial charge >= 0.3 is 5.69 Å². The summed E-state index contributed by atoms with van der Waals surface area (Å²) in [4.78, 5) is 10.3. The molecule has 0 amide bonds. The number of nitro benzene ring substituents is 1. The first-order valence-electron chi connectivity index (χ1n) is 5.12. The molecular formula is C10H9N5O3. The van der Waals surface area contributed by atoms with Crippen LogP contribution in [0.3, 0.4) is 0 Å². The second-order valence-electron chi connectivity index (χ2n) is 3.60. The van der Waals surface area contributed by atoms with E-state index in [4.69, 9.17) is 5.26 Å². The lowest BCUT2D eigenvalue weighted by Crippen LogP contribution is -2.16. The van der Waals surface area contributed by atoms with Crippen molar-refractivity contribution in [2.24, 2.45) is 0 Å². The third kappa shape index (κ3) is 1.87. The van der Waals surface area contributed by atoms with Gasteiger partial charge < -0.3 is 5.32 Å². The van der Waals surface area contributed by atoms with Crippen molar-refractivity contribution in [2.45, 2.75) is 12.5 Å². The van der Waals surface area contributed by atoms with E-state index in [2.05, 4.69) is 20.3 Å². The molecular weight excluding hydrogens is 238 g/mol. The Morgan fingerprint density at radius 3 is 2.89 bits per heavy atom. The van der Waals surface area contributed by atoms with Gasteiger partial charge in [-0.05, 0) is 23.4 Å². The van der Waals surface area contributed by atoms with Gasteiger partial charge in [0.15, 0.2) is 0 Å². The molecule has 18 heavy (non-hydrogen) atoms. The van der Waals surface area contributed by atoms with Crippen LogP contribution >= 0.6 is 0 Å². The van der Waals surface area contributed by atoms with E-state index < -0.39 is 4.92 Å². The van der Waals surface area contributed by atoms with E-state index in [0.29, 0.717) is 11.1 Å². The average molecular weight is 247 g/mol. The first-order valence-corrected chi connectivity index (χ1v) is 5.12. The van der Waals surface area contributed by atoms with E-state index in [1.807, 2.05) is 6.07 Å². The number of nitro groups is 1. The maximum Gasteiger partial charge on any atom is 0.300 e. The van der Waals surface area contributed by atoms with Crippen LogP contribution in [-0.4, -0.2) is 22.3 Å². The summed E-state index contributed by atoms with van der Waals surface area (Å²) in [6.07, 6.45) is 0.219. The fourth-order valence-electron chi connectivity index (χ4n) is 1.76. The van der Waals surface area contributed by atoms with Crippen LogP contribution in [0.15, 0.2) is 16.8 Å². The van der Waals surface area contributed by atoms with Crippen LogP contribution in [0.25, 0.3) is 11.0 Å². The van der Waals surface area contributed by atoms with Crippen LogP contribution < -0.4 is 5.32 Å². The van der Waals surface area contributed by atoms with Crippen LogP contribution in [0.1, 0.15) is 18.0 Å². The molecule has 0 aliphatic heterocycles. The highest BCUT2D eigenvalue weighted by molar-refractivity contribution is 5.86. The zero-order valence-electron chi connectivity index (χ0n) is 9.45. The second kappa shape index (κ2) is 4.77. The molecule has 8 nitrogen and oxygen atoms in total. The van der Waals surface area contributed by atoms with Crippen molar-refractivity contribution in [1.82, 2.24) is 15.6 Å². The second-order valence-corrected chi connectivity index (χ2v) is 3.60. The van der Waals surface area contributed by atoms with Gasteiger partial charge in [0.05, 0.1) is 17.4 Å². The molecule has 0 saturated heterocycles. The molecule has 1 heterocycles. The molecule has 0 radical (unpaired) electrons. The molecule has 1 aromatic heterocycles. The summed E-state index contributed by atoms with van der Waals surface area (Å²) in [5.74, 6) is 0. The van der Waals surface area contributed by atoms with Gasteiger partial charge in [-0.25, -0.2) is 4.63 Å². The average Bonchev–Trinajstić information content (AvgIpc) is 2.83. The molecule has 0 fully saturated rings. The minimum Gasteiger partial charge on any atom is -0.312 e. The number of nitrogens with one attached hydrogen (secondary N) is 1. The zero-order valence-corrected chi connectivity index (χ0v) is 9.45. The Kier molecular flexibility index (Phi) is 3.16. The molecule has 1 N–H and O–H groups in total. The molecule has 0 aliphatic carbocycles. The van der Waals surface area contributed by atoms with E-state index in [1.54, 1.807) is 13.1 Å². The topological polar surface area (TPSA) is 118 Å². The number of hydrogen-bond donors (Lipinski definition) is 1. The summed E-state index contributed by atoms with van der Waals surface area (Å²) in [5, 5.41) is 29.7. The van der Waals surface area contributed by atoms with E-state index in [-0.39, 0.29) is 23.7 Å². The van der Waals surface area contributed by atoms with Crippen molar-refractivity contribution < 1.29 is 9.55 Å². The molecule has 0 saturated carbocycles. The molecule has 1 atom stereocenters. The number of rotatable bonds is 4. The Balaban J connectivity index is 2.61. The predicted molar refractivity (Wildman–Crippen MR) is 60.5 cm³/mol. The lowest BCUT2D eigenvalue weighted by atomic mass is 10.0. The normalized spacial score (nSPS) is 12.2. The van der Waals surface area contributed by atoms with Crippen molar-refractivity contribution in [3.8, 4) is 6.07 Å². The van der Waals surface area contributed by atoms with Gasteiger partial charge in [-0.2, -0.15) is 5.26 Å². The van der Waals surface area contributed by atoms with Crippen molar-refractivity contribution in [3.63, 3.8) is 0 Å². The highest BCUT2D eigenvalue weighted by atomic mass is 16.6. The summed E-state index contributed by atoms with van der Waals surface area (Å²) in [5.41, 5.74) is 0.886. The molecule has 92 valence electrons. The lowest BCUT2D eigenvalue weighted by molar-refractivity contribution is -0.383. The molecule has 2 rings (SSSR count). The Bertz CT molecular complexity index is 630. The number of benzene rings is 1. The summed E-state index contributed by atoms with van der Waals surface area (Å²) in [6.45, 7) is 0. The van der Waals surface area contributed by atoms with Crippen molar-refractivity contribution >= 4 is 16.7 Å². The Hall–Kier alpha value is -2.53. The van der Waals surface area contributed by atoms with Crippen LogP contribution in [-0.2, 0) is 0 Å². The number of nitriles is 1. The summed E-state index contributed by atoms with van der Waals surface area (Å²) < 4.78 is 4.55. The molecule has 1 aromatic carbocycles. The first-order chi connectivity index (χ1) is 8.69. The lowest BCUT2D eigenvalue weighted by Gasteiger charge is -2.12. The van der Waals surface area contributed by atoms with Crippen molar-refractivity contribution in [3.05, 3.63) is 27.8 Å². The number of nitrogens with zero attached hydrogens (tertiary/aromatic N) is 4. The number of hydrogen-bond acceptors (Lipinski definition) is 7. The Morgan fingerprint density at radius 2 is 2.28 bits per heavy atom. The summed E-state index contributed by atoms with van der Waals surface area (Å²) >= 11 is 0. The van der Waals surface area contributed by atoms with Gasteiger partial charge in [-0.15, -0.1) is 0 Å². The highest BCUT2D eigenvalue weighted by Crippen LogP contribution is 2.29. The van der Waals surface area contributed by atoms with E-state index >= 15 is 0 Å². The van der Waals surface area contributed by atoms with Gasteiger partial charge in [0.1, 0.15) is 5.52 Å². The third-order valence-corrected chi connectivity index (χ3v) is 2.64. The number of fused-ring (bicyclic) bond motifs is 1. The summed E-state index contributed by atoms with van der Waals surface area (Å²) in [6, 6.07) is 4.66. The number of non-ortho nitro benzene ring substituents is 1. The molecule has 0 bridgehead atoms. The van der Waals surface area contributed by atoms with Crippen LogP contribution in [0.5, 0.6) is 0 Å². The van der Waals surface area contributed by atoms with Gasteiger partial charge in [0.25, 0.3) is 0 Å². The maximum atomic E-state index is 10.8. The molecule has 2 aromatic rings. The largest absolute Gasteiger partial charge is 0.312 e. The zero-order chi connectivity index (χ0) is 13.1. The summed E-state index contributed by atoms with van der Waals surface area (Å²) in [7, 11) is 1.70.